The summed E-state index contributed by atoms with van der Waals surface area (Å²) < 4.78 is 5.00. The molecule has 0 aromatic heterocycles. The zero-order valence-electron chi connectivity index (χ0n) is 13.2. The number of ether oxygens (including phenoxy) is 1. The second-order valence-corrected chi connectivity index (χ2v) is 5.59. The van der Waals surface area contributed by atoms with Gasteiger partial charge in [0.15, 0.2) is 0 Å². The topological polar surface area (TPSA) is 82.2 Å². The zero-order valence-corrected chi connectivity index (χ0v) is 13.2. The Kier molecular flexibility index (Phi) is 14.2. The van der Waals surface area contributed by atoms with Gasteiger partial charge in [0.1, 0.15) is 0 Å². The summed E-state index contributed by atoms with van der Waals surface area (Å²) >= 11 is 0. The second kappa shape index (κ2) is 12.8. The first-order valence-electron chi connectivity index (χ1n) is 6.64. The molecule has 0 aromatic carbocycles. The summed E-state index contributed by atoms with van der Waals surface area (Å²) in [5, 5.41) is 16.8. The number of hydrogen-bond acceptors (Lipinski definition) is 6. The standard InChI is InChI=1S/C7H18N2O.C6H15NO2/c1-7(2,8)6-9(3)4-5-10;1-7(2)3-5-9-6-4-8/h10H,4-6,8H2,1-3H3;8H,3-6H2,1-2H3. The van der Waals surface area contributed by atoms with Gasteiger partial charge in [0.25, 0.3) is 0 Å². The van der Waals surface area contributed by atoms with Crippen molar-refractivity contribution < 1.29 is 14.9 Å². The Morgan fingerprint density at radius 3 is 1.95 bits per heavy atom. The minimum Gasteiger partial charge on any atom is -0.395 e. The van der Waals surface area contributed by atoms with E-state index in [0.717, 1.165) is 13.1 Å². The van der Waals surface area contributed by atoms with Gasteiger partial charge in [0.2, 0.25) is 0 Å². The fraction of sp³-hybridized carbons (Fsp3) is 1.00. The Bertz CT molecular complexity index is 184. The molecule has 6 heteroatoms. The van der Waals surface area contributed by atoms with Crippen molar-refractivity contribution >= 4 is 0 Å². The first kappa shape index (κ1) is 21.1. The highest BCUT2D eigenvalue weighted by Gasteiger charge is 2.12. The van der Waals surface area contributed by atoms with Crippen molar-refractivity contribution in [3.8, 4) is 0 Å². The van der Waals surface area contributed by atoms with Crippen LogP contribution in [0.3, 0.4) is 0 Å². The fourth-order valence-corrected chi connectivity index (χ4v) is 1.36. The van der Waals surface area contributed by atoms with Gasteiger partial charge in [-0.2, -0.15) is 0 Å². The Hall–Kier alpha value is -0.240. The van der Waals surface area contributed by atoms with Gasteiger partial charge in [-0.15, -0.1) is 0 Å². The first-order chi connectivity index (χ1) is 8.72. The van der Waals surface area contributed by atoms with Gasteiger partial charge < -0.3 is 30.5 Å². The number of likely N-dealkylation sites (N-methyl/N-ethyl adjacent to an activating group) is 2. The van der Waals surface area contributed by atoms with E-state index in [-0.39, 0.29) is 18.8 Å². The van der Waals surface area contributed by atoms with E-state index in [1.165, 1.54) is 0 Å². The molecule has 0 aromatic rings. The maximum Gasteiger partial charge on any atom is 0.0698 e. The molecule has 19 heavy (non-hydrogen) atoms. The predicted molar refractivity (Wildman–Crippen MR) is 79.3 cm³/mol. The molecule has 0 saturated carbocycles. The molecule has 0 heterocycles. The lowest BCUT2D eigenvalue weighted by atomic mass is 10.1. The molecule has 0 aliphatic rings. The molecule has 0 aliphatic heterocycles. The minimum atomic E-state index is -0.163. The SMILES string of the molecule is CN(C)CCOCCO.CN(CCO)CC(C)(C)N. The van der Waals surface area contributed by atoms with Crippen LogP contribution in [0.4, 0.5) is 0 Å². The molecule has 0 fully saturated rings. The van der Waals surface area contributed by atoms with Gasteiger partial charge in [-0.3, -0.25) is 0 Å². The van der Waals surface area contributed by atoms with Crippen LogP contribution in [-0.4, -0.2) is 92.8 Å². The molecule has 0 unspecified atom stereocenters. The van der Waals surface area contributed by atoms with E-state index in [2.05, 4.69) is 0 Å². The van der Waals surface area contributed by atoms with Crippen molar-refractivity contribution in [2.75, 3.05) is 67.2 Å². The lowest BCUT2D eigenvalue weighted by Crippen LogP contribution is -2.44. The monoisotopic (exact) mass is 279 g/mol. The molecule has 4 N–H and O–H groups in total. The molecule has 0 spiro atoms. The highest BCUT2D eigenvalue weighted by molar-refractivity contribution is 4.75. The van der Waals surface area contributed by atoms with Gasteiger partial charge in [0, 0.05) is 25.2 Å². The van der Waals surface area contributed by atoms with Crippen LogP contribution >= 0.6 is 0 Å². The molecule has 0 rings (SSSR count). The number of aliphatic hydroxyl groups is 2. The highest BCUT2D eigenvalue weighted by Crippen LogP contribution is 1.98. The van der Waals surface area contributed by atoms with Crippen LogP contribution in [0.5, 0.6) is 0 Å². The van der Waals surface area contributed by atoms with E-state index < -0.39 is 0 Å². The third-order valence-electron chi connectivity index (χ3n) is 2.08. The molecule has 118 valence electrons. The van der Waals surface area contributed by atoms with Crippen LogP contribution in [0, 0.1) is 0 Å². The van der Waals surface area contributed by atoms with Gasteiger partial charge in [-0.05, 0) is 35.0 Å². The molecule has 6 nitrogen and oxygen atoms in total. The minimum absolute atomic E-state index is 0.118. The number of hydrogen-bond donors (Lipinski definition) is 3. The van der Waals surface area contributed by atoms with E-state index in [0.29, 0.717) is 19.8 Å². The van der Waals surface area contributed by atoms with Crippen molar-refractivity contribution in [3.05, 3.63) is 0 Å². The second-order valence-electron chi connectivity index (χ2n) is 5.59. The van der Waals surface area contributed by atoms with Crippen molar-refractivity contribution in [1.82, 2.24) is 9.80 Å². The smallest absolute Gasteiger partial charge is 0.0698 e. The molecule has 0 bridgehead atoms. The molecule has 0 atom stereocenters. The number of rotatable bonds is 9. The summed E-state index contributed by atoms with van der Waals surface area (Å²) in [6.07, 6.45) is 0. The van der Waals surface area contributed by atoms with Gasteiger partial charge in [-0.25, -0.2) is 0 Å². The average Bonchev–Trinajstić information content (AvgIpc) is 2.23. The summed E-state index contributed by atoms with van der Waals surface area (Å²) in [5.41, 5.74) is 5.58. The maximum atomic E-state index is 8.55. The van der Waals surface area contributed by atoms with E-state index in [4.69, 9.17) is 20.7 Å². The fourth-order valence-electron chi connectivity index (χ4n) is 1.36. The lowest BCUT2D eigenvalue weighted by Gasteiger charge is -2.25. The molecule has 0 amide bonds. The van der Waals surface area contributed by atoms with Crippen molar-refractivity contribution in [1.29, 1.82) is 0 Å². The predicted octanol–water partition coefficient (Wildman–Crippen LogP) is -0.795. The van der Waals surface area contributed by atoms with E-state index in [1.54, 1.807) is 0 Å². The van der Waals surface area contributed by atoms with Gasteiger partial charge >= 0.3 is 0 Å². The Labute approximate surface area is 118 Å². The molecule has 0 aliphatic carbocycles. The normalized spacial score (nSPS) is 11.7. The third kappa shape index (κ3) is 23.3. The van der Waals surface area contributed by atoms with Crippen LogP contribution in [0.2, 0.25) is 0 Å². The van der Waals surface area contributed by atoms with Crippen LogP contribution in [0.15, 0.2) is 0 Å². The quantitative estimate of drug-likeness (QED) is 0.480. The Morgan fingerprint density at radius 2 is 1.58 bits per heavy atom. The van der Waals surface area contributed by atoms with Crippen molar-refractivity contribution in [3.63, 3.8) is 0 Å². The summed E-state index contributed by atoms with van der Waals surface area (Å²) in [7, 11) is 5.93. The average molecular weight is 279 g/mol. The number of nitrogens with two attached hydrogens (primary N) is 1. The largest absolute Gasteiger partial charge is 0.395 e. The lowest BCUT2D eigenvalue weighted by molar-refractivity contribution is 0.0821. The summed E-state index contributed by atoms with van der Waals surface area (Å²) in [6.45, 7) is 7.84. The van der Waals surface area contributed by atoms with Crippen molar-refractivity contribution in [2.24, 2.45) is 5.73 Å². The van der Waals surface area contributed by atoms with E-state index in [1.807, 2.05) is 44.8 Å². The van der Waals surface area contributed by atoms with Crippen molar-refractivity contribution in [2.45, 2.75) is 19.4 Å². The van der Waals surface area contributed by atoms with Crippen LogP contribution in [0.25, 0.3) is 0 Å². The maximum absolute atomic E-state index is 8.55. The zero-order chi connectivity index (χ0) is 15.3. The highest BCUT2D eigenvalue weighted by atomic mass is 16.5. The third-order valence-corrected chi connectivity index (χ3v) is 2.08. The van der Waals surface area contributed by atoms with Crippen LogP contribution in [0.1, 0.15) is 13.8 Å². The van der Waals surface area contributed by atoms with E-state index >= 15 is 0 Å². The molecule has 0 saturated heterocycles. The Balaban J connectivity index is 0. The van der Waals surface area contributed by atoms with E-state index in [9.17, 15) is 0 Å². The Morgan fingerprint density at radius 1 is 1.00 bits per heavy atom. The summed E-state index contributed by atoms with van der Waals surface area (Å²) in [6, 6.07) is 0. The first-order valence-corrected chi connectivity index (χ1v) is 6.64. The molecular formula is C13H33N3O3. The van der Waals surface area contributed by atoms with Crippen LogP contribution in [-0.2, 0) is 4.74 Å². The number of aliphatic hydroxyl groups excluding tert-OH is 2. The molecular weight excluding hydrogens is 246 g/mol. The molecule has 0 radical (unpaired) electrons. The summed E-state index contributed by atoms with van der Waals surface area (Å²) in [4.78, 5) is 4.05. The summed E-state index contributed by atoms with van der Waals surface area (Å²) in [5.74, 6) is 0. The van der Waals surface area contributed by atoms with Gasteiger partial charge in [-0.1, -0.05) is 0 Å². The van der Waals surface area contributed by atoms with Gasteiger partial charge in [0.05, 0.1) is 26.4 Å². The number of nitrogens with zero attached hydrogens (tertiary/aromatic N) is 2. The van der Waals surface area contributed by atoms with Crippen LogP contribution < -0.4 is 5.73 Å².